The number of benzene rings is 1. The first-order chi connectivity index (χ1) is 13.1. The number of nitrogens with zero attached hydrogens (tertiary/aromatic N) is 3. The molecular weight excluding hydrogens is 364 g/mol. The lowest BCUT2D eigenvalue weighted by Crippen LogP contribution is -2.14. The molecule has 3 heterocycles. The molecule has 4 aromatic rings. The van der Waals surface area contributed by atoms with Crippen LogP contribution in [-0.4, -0.2) is 20.7 Å². The third kappa shape index (κ3) is 3.61. The minimum Gasteiger partial charge on any atom is -0.463 e. The number of carbonyl (C=O) groups excluding carboxylic acids is 1. The van der Waals surface area contributed by atoms with E-state index in [1.54, 1.807) is 47.5 Å². The molecule has 0 aliphatic rings. The number of rotatable bonds is 4. The molecule has 3 aromatic heterocycles. The van der Waals surface area contributed by atoms with E-state index in [4.69, 9.17) is 16.0 Å². The summed E-state index contributed by atoms with van der Waals surface area (Å²) in [5.41, 5.74) is 2.68. The molecule has 134 valence electrons. The van der Waals surface area contributed by atoms with Crippen molar-refractivity contribution in [1.29, 1.82) is 0 Å². The Morgan fingerprint density at radius 1 is 1.15 bits per heavy atom. The van der Waals surface area contributed by atoms with Crippen LogP contribution >= 0.6 is 11.6 Å². The smallest absolute Gasteiger partial charge is 0.277 e. The van der Waals surface area contributed by atoms with E-state index in [0.717, 1.165) is 11.3 Å². The van der Waals surface area contributed by atoms with Gasteiger partial charge < -0.3 is 9.73 Å². The predicted octanol–water partition coefficient (Wildman–Crippen LogP) is 4.74. The quantitative estimate of drug-likeness (QED) is 0.556. The standard InChI is InChI=1S/C20H15ClN4O2/c1-13-4-9-19(22-12-13)23-20(26)16-11-17(18-3-2-10-27-18)25(24-16)15-7-5-14(21)6-8-15/h2-12H,1H3,(H,22,23,26). The van der Waals surface area contributed by atoms with E-state index in [1.807, 2.05) is 31.2 Å². The van der Waals surface area contributed by atoms with Crippen molar-refractivity contribution >= 4 is 23.3 Å². The number of hydrogen-bond donors (Lipinski definition) is 1. The van der Waals surface area contributed by atoms with Crippen molar-refractivity contribution in [3.8, 4) is 17.1 Å². The van der Waals surface area contributed by atoms with Gasteiger partial charge in [-0.3, -0.25) is 4.79 Å². The Hall–Kier alpha value is -3.38. The van der Waals surface area contributed by atoms with Crippen molar-refractivity contribution in [2.45, 2.75) is 6.92 Å². The van der Waals surface area contributed by atoms with Crippen molar-refractivity contribution in [3.05, 3.63) is 83.3 Å². The number of aryl methyl sites for hydroxylation is 1. The van der Waals surface area contributed by atoms with Gasteiger partial charge >= 0.3 is 0 Å². The van der Waals surface area contributed by atoms with Crippen LogP contribution in [0, 0.1) is 6.92 Å². The van der Waals surface area contributed by atoms with Gasteiger partial charge in [0.25, 0.3) is 5.91 Å². The monoisotopic (exact) mass is 378 g/mol. The molecule has 0 bridgehead atoms. The Balaban J connectivity index is 1.71. The highest BCUT2D eigenvalue weighted by Gasteiger charge is 2.18. The summed E-state index contributed by atoms with van der Waals surface area (Å²) < 4.78 is 7.14. The highest BCUT2D eigenvalue weighted by Crippen LogP contribution is 2.25. The molecule has 0 saturated heterocycles. The maximum Gasteiger partial charge on any atom is 0.277 e. The van der Waals surface area contributed by atoms with Crippen LogP contribution in [0.2, 0.25) is 5.02 Å². The van der Waals surface area contributed by atoms with E-state index in [1.165, 1.54) is 0 Å². The van der Waals surface area contributed by atoms with Crippen molar-refractivity contribution < 1.29 is 9.21 Å². The predicted molar refractivity (Wildman–Crippen MR) is 103 cm³/mol. The third-order valence-electron chi connectivity index (χ3n) is 3.94. The van der Waals surface area contributed by atoms with Crippen LogP contribution in [0.4, 0.5) is 5.82 Å². The first-order valence-electron chi connectivity index (χ1n) is 8.24. The van der Waals surface area contributed by atoms with Crippen molar-refractivity contribution in [3.63, 3.8) is 0 Å². The second kappa shape index (κ2) is 7.09. The first-order valence-corrected chi connectivity index (χ1v) is 8.62. The molecule has 1 aromatic carbocycles. The molecule has 27 heavy (non-hydrogen) atoms. The fourth-order valence-electron chi connectivity index (χ4n) is 2.59. The van der Waals surface area contributed by atoms with Gasteiger partial charge in [-0.25, -0.2) is 9.67 Å². The highest BCUT2D eigenvalue weighted by atomic mass is 35.5. The maximum absolute atomic E-state index is 12.6. The van der Waals surface area contributed by atoms with Gasteiger partial charge in [0.05, 0.1) is 12.0 Å². The molecule has 6 nitrogen and oxygen atoms in total. The number of halogens is 1. The fraction of sp³-hybridized carbons (Fsp3) is 0.0500. The molecule has 0 radical (unpaired) electrons. The zero-order valence-electron chi connectivity index (χ0n) is 14.4. The fourth-order valence-corrected chi connectivity index (χ4v) is 2.72. The van der Waals surface area contributed by atoms with Gasteiger partial charge in [-0.15, -0.1) is 0 Å². The zero-order valence-corrected chi connectivity index (χ0v) is 15.1. The van der Waals surface area contributed by atoms with E-state index < -0.39 is 0 Å². The lowest BCUT2D eigenvalue weighted by Gasteiger charge is -2.05. The summed E-state index contributed by atoms with van der Waals surface area (Å²) >= 11 is 5.98. The number of amides is 1. The van der Waals surface area contributed by atoms with Crippen LogP contribution in [0.25, 0.3) is 17.1 Å². The maximum atomic E-state index is 12.6. The van der Waals surface area contributed by atoms with Gasteiger partial charge in [0, 0.05) is 17.3 Å². The number of pyridine rings is 1. The van der Waals surface area contributed by atoms with E-state index in [2.05, 4.69) is 15.4 Å². The second-order valence-electron chi connectivity index (χ2n) is 5.96. The number of nitrogens with one attached hydrogen (secondary N) is 1. The van der Waals surface area contributed by atoms with Crippen LogP contribution in [0.3, 0.4) is 0 Å². The molecular formula is C20H15ClN4O2. The zero-order chi connectivity index (χ0) is 18.8. The van der Waals surface area contributed by atoms with Crippen LogP contribution in [0.5, 0.6) is 0 Å². The molecule has 0 atom stereocenters. The van der Waals surface area contributed by atoms with E-state index >= 15 is 0 Å². The molecule has 4 rings (SSSR count). The number of hydrogen-bond acceptors (Lipinski definition) is 4. The van der Waals surface area contributed by atoms with E-state index in [0.29, 0.717) is 22.3 Å². The summed E-state index contributed by atoms with van der Waals surface area (Å²) in [6, 6.07) is 16.1. The van der Waals surface area contributed by atoms with Gasteiger partial charge in [0.15, 0.2) is 11.5 Å². The third-order valence-corrected chi connectivity index (χ3v) is 4.19. The van der Waals surface area contributed by atoms with Crippen LogP contribution < -0.4 is 5.32 Å². The lowest BCUT2D eigenvalue weighted by atomic mass is 10.2. The van der Waals surface area contributed by atoms with Crippen LogP contribution in [0.15, 0.2) is 71.5 Å². The Bertz CT molecular complexity index is 1070. The van der Waals surface area contributed by atoms with Crippen molar-refractivity contribution in [1.82, 2.24) is 14.8 Å². The van der Waals surface area contributed by atoms with Crippen LogP contribution in [0.1, 0.15) is 16.1 Å². The number of aromatic nitrogens is 3. The molecule has 1 N–H and O–H groups in total. The molecule has 1 amide bonds. The molecule has 0 aliphatic carbocycles. The number of furan rings is 1. The SMILES string of the molecule is Cc1ccc(NC(=O)c2cc(-c3ccco3)n(-c3ccc(Cl)cc3)n2)nc1. The van der Waals surface area contributed by atoms with E-state index in [9.17, 15) is 4.79 Å². The summed E-state index contributed by atoms with van der Waals surface area (Å²) in [6.45, 7) is 1.93. The largest absolute Gasteiger partial charge is 0.463 e. The van der Waals surface area contributed by atoms with E-state index in [-0.39, 0.29) is 11.6 Å². The Kier molecular flexibility index (Phi) is 4.48. The van der Waals surface area contributed by atoms with Gasteiger partial charge in [0.2, 0.25) is 0 Å². The average molecular weight is 379 g/mol. The Morgan fingerprint density at radius 2 is 1.96 bits per heavy atom. The molecule has 7 heteroatoms. The molecule has 0 unspecified atom stereocenters. The Labute approximate surface area is 160 Å². The molecule has 0 aliphatic heterocycles. The normalized spacial score (nSPS) is 10.7. The Morgan fingerprint density at radius 3 is 2.63 bits per heavy atom. The number of carbonyl (C=O) groups is 1. The average Bonchev–Trinajstić information content (AvgIpc) is 3.33. The second-order valence-corrected chi connectivity index (χ2v) is 6.39. The minimum absolute atomic E-state index is 0.249. The highest BCUT2D eigenvalue weighted by molar-refractivity contribution is 6.30. The topological polar surface area (TPSA) is 73.0 Å². The van der Waals surface area contributed by atoms with Gasteiger partial charge in [0.1, 0.15) is 11.5 Å². The van der Waals surface area contributed by atoms with Gasteiger partial charge in [-0.05, 0) is 55.0 Å². The van der Waals surface area contributed by atoms with Gasteiger partial charge in [-0.2, -0.15) is 5.10 Å². The minimum atomic E-state index is -0.355. The summed E-state index contributed by atoms with van der Waals surface area (Å²) in [5.74, 6) is 0.711. The first kappa shape index (κ1) is 17.1. The van der Waals surface area contributed by atoms with Crippen LogP contribution in [-0.2, 0) is 0 Å². The van der Waals surface area contributed by atoms with Crippen molar-refractivity contribution in [2.75, 3.05) is 5.32 Å². The molecule has 0 saturated carbocycles. The summed E-state index contributed by atoms with van der Waals surface area (Å²) in [6.07, 6.45) is 3.26. The lowest BCUT2D eigenvalue weighted by molar-refractivity contribution is 0.102. The van der Waals surface area contributed by atoms with Gasteiger partial charge in [-0.1, -0.05) is 17.7 Å². The number of anilines is 1. The molecule has 0 fully saturated rings. The van der Waals surface area contributed by atoms with Crippen molar-refractivity contribution in [2.24, 2.45) is 0 Å². The summed E-state index contributed by atoms with van der Waals surface area (Å²) in [5, 5.41) is 7.83. The molecule has 0 spiro atoms. The summed E-state index contributed by atoms with van der Waals surface area (Å²) in [4.78, 5) is 16.8. The summed E-state index contributed by atoms with van der Waals surface area (Å²) in [7, 11) is 0.